The van der Waals surface area contributed by atoms with Crippen molar-refractivity contribution in [2.24, 2.45) is 5.92 Å². The molecule has 2 aliphatic rings. The number of ether oxygens (including phenoxy) is 1. The first kappa shape index (κ1) is 12.9. The summed E-state index contributed by atoms with van der Waals surface area (Å²) in [5.41, 5.74) is 1.20. The molecule has 1 saturated heterocycles. The Morgan fingerprint density at radius 2 is 2.17 bits per heavy atom. The molecule has 1 aliphatic carbocycles. The molecule has 1 aromatic rings. The van der Waals surface area contributed by atoms with Gasteiger partial charge in [-0.15, -0.1) is 0 Å². The van der Waals surface area contributed by atoms with Gasteiger partial charge in [0.25, 0.3) is 0 Å². The molecule has 0 radical (unpaired) electrons. The Bertz CT molecular complexity index is 436. The lowest BCUT2D eigenvalue weighted by Crippen LogP contribution is -2.26. The molecule has 1 heterocycles. The fourth-order valence-corrected chi connectivity index (χ4v) is 2.94. The lowest BCUT2D eigenvalue weighted by atomic mass is 9.95. The summed E-state index contributed by atoms with van der Waals surface area (Å²) in [6.45, 7) is 1.92. The van der Waals surface area contributed by atoms with Crippen molar-refractivity contribution in [1.29, 1.82) is 0 Å². The van der Waals surface area contributed by atoms with Crippen molar-refractivity contribution in [1.82, 2.24) is 5.32 Å². The average Bonchev–Trinajstić information content (AvgIpc) is 3.08. The van der Waals surface area contributed by atoms with Crippen LogP contribution in [0.2, 0.25) is 5.02 Å². The van der Waals surface area contributed by atoms with Crippen LogP contribution in [0.4, 0.5) is 0 Å². The predicted octanol–water partition coefficient (Wildman–Crippen LogP) is 3.93. The maximum atomic E-state index is 6.16. The van der Waals surface area contributed by atoms with E-state index in [0.29, 0.717) is 5.92 Å². The minimum atomic E-state index is 0.196. The van der Waals surface area contributed by atoms with Crippen LogP contribution >= 0.6 is 27.5 Å². The normalized spacial score (nSPS) is 27.7. The van der Waals surface area contributed by atoms with Crippen LogP contribution < -0.4 is 5.32 Å². The summed E-state index contributed by atoms with van der Waals surface area (Å²) >= 11 is 9.59. The lowest BCUT2D eigenvalue weighted by molar-refractivity contribution is 0.0904. The minimum Gasteiger partial charge on any atom is -0.373 e. The van der Waals surface area contributed by atoms with Crippen molar-refractivity contribution in [3.05, 3.63) is 33.3 Å². The van der Waals surface area contributed by atoms with Crippen LogP contribution in [0.1, 0.15) is 30.9 Å². The molecule has 0 aromatic heterocycles. The Balaban J connectivity index is 1.70. The van der Waals surface area contributed by atoms with E-state index >= 15 is 0 Å². The Labute approximate surface area is 121 Å². The quantitative estimate of drug-likeness (QED) is 0.903. The molecule has 2 atom stereocenters. The van der Waals surface area contributed by atoms with Crippen molar-refractivity contribution in [3.63, 3.8) is 0 Å². The number of halogens is 2. The maximum Gasteiger partial charge on any atom is 0.0866 e. The summed E-state index contributed by atoms with van der Waals surface area (Å²) in [5, 5.41) is 4.36. The van der Waals surface area contributed by atoms with Crippen LogP contribution in [-0.2, 0) is 4.74 Å². The fraction of sp³-hybridized carbons (Fsp3) is 0.571. The van der Waals surface area contributed by atoms with E-state index < -0.39 is 0 Å². The number of nitrogens with one attached hydrogen (secondary N) is 1. The van der Waals surface area contributed by atoms with Crippen LogP contribution in [0, 0.1) is 5.92 Å². The molecule has 4 heteroatoms. The summed E-state index contributed by atoms with van der Waals surface area (Å²) in [6.07, 6.45) is 4.00. The van der Waals surface area contributed by atoms with Crippen molar-refractivity contribution in [2.45, 2.75) is 31.4 Å². The van der Waals surface area contributed by atoms with Crippen molar-refractivity contribution >= 4 is 27.5 Å². The fourth-order valence-electron chi connectivity index (χ4n) is 2.51. The van der Waals surface area contributed by atoms with Crippen molar-refractivity contribution in [3.8, 4) is 0 Å². The van der Waals surface area contributed by atoms with Gasteiger partial charge in [0.15, 0.2) is 0 Å². The van der Waals surface area contributed by atoms with E-state index in [1.807, 2.05) is 12.1 Å². The highest BCUT2D eigenvalue weighted by Gasteiger charge is 2.31. The third kappa shape index (κ3) is 2.90. The Morgan fingerprint density at radius 3 is 2.89 bits per heavy atom. The van der Waals surface area contributed by atoms with Crippen molar-refractivity contribution < 1.29 is 4.74 Å². The SMILES string of the molecule is Clc1cc(C2OCCC2CNC2CC2)ccc1Br. The van der Waals surface area contributed by atoms with Gasteiger partial charge in [-0.2, -0.15) is 0 Å². The Hall–Kier alpha value is -0.0900. The molecule has 2 nitrogen and oxygen atoms in total. The van der Waals surface area contributed by atoms with E-state index in [2.05, 4.69) is 27.3 Å². The first-order chi connectivity index (χ1) is 8.74. The Kier molecular flexibility index (Phi) is 3.94. The van der Waals surface area contributed by atoms with E-state index in [4.69, 9.17) is 16.3 Å². The van der Waals surface area contributed by atoms with Crippen LogP contribution in [0.25, 0.3) is 0 Å². The van der Waals surface area contributed by atoms with Gasteiger partial charge < -0.3 is 10.1 Å². The van der Waals surface area contributed by atoms with Gasteiger partial charge in [-0.25, -0.2) is 0 Å². The predicted molar refractivity (Wildman–Crippen MR) is 77.0 cm³/mol. The molecule has 0 spiro atoms. The summed E-state index contributed by atoms with van der Waals surface area (Å²) in [5.74, 6) is 0.572. The summed E-state index contributed by atoms with van der Waals surface area (Å²) in [6, 6.07) is 6.90. The Morgan fingerprint density at radius 1 is 1.33 bits per heavy atom. The molecule has 3 rings (SSSR count). The van der Waals surface area contributed by atoms with Gasteiger partial charge >= 0.3 is 0 Å². The number of benzene rings is 1. The zero-order chi connectivity index (χ0) is 12.5. The molecule has 2 unspecified atom stereocenters. The van der Waals surface area contributed by atoms with Gasteiger partial charge in [0.1, 0.15) is 0 Å². The van der Waals surface area contributed by atoms with Gasteiger partial charge in [-0.1, -0.05) is 17.7 Å². The topological polar surface area (TPSA) is 21.3 Å². The smallest absolute Gasteiger partial charge is 0.0866 e. The van der Waals surface area contributed by atoms with Gasteiger partial charge in [0.05, 0.1) is 11.1 Å². The largest absolute Gasteiger partial charge is 0.373 e. The molecule has 18 heavy (non-hydrogen) atoms. The van der Waals surface area contributed by atoms with Gasteiger partial charge in [-0.05, 0) is 52.9 Å². The van der Waals surface area contributed by atoms with E-state index in [1.165, 1.54) is 18.4 Å². The number of rotatable bonds is 4. The van der Waals surface area contributed by atoms with Gasteiger partial charge in [0, 0.05) is 29.6 Å². The second kappa shape index (κ2) is 5.49. The van der Waals surface area contributed by atoms with Crippen LogP contribution in [-0.4, -0.2) is 19.2 Å². The molecular weight excluding hydrogens is 314 g/mol. The molecule has 1 aliphatic heterocycles. The second-order valence-electron chi connectivity index (χ2n) is 5.20. The van der Waals surface area contributed by atoms with Crippen LogP contribution in [0.15, 0.2) is 22.7 Å². The highest BCUT2D eigenvalue weighted by atomic mass is 79.9. The van der Waals surface area contributed by atoms with Crippen LogP contribution in [0.3, 0.4) is 0 Å². The molecular formula is C14H17BrClNO. The molecule has 98 valence electrons. The van der Waals surface area contributed by atoms with Gasteiger partial charge in [0.2, 0.25) is 0 Å². The van der Waals surface area contributed by atoms with E-state index in [1.54, 1.807) is 0 Å². The molecule has 1 saturated carbocycles. The first-order valence-electron chi connectivity index (χ1n) is 6.54. The second-order valence-corrected chi connectivity index (χ2v) is 6.46. The summed E-state index contributed by atoms with van der Waals surface area (Å²) in [7, 11) is 0. The molecule has 2 fully saturated rings. The highest BCUT2D eigenvalue weighted by molar-refractivity contribution is 9.10. The summed E-state index contributed by atoms with van der Waals surface area (Å²) in [4.78, 5) is 0. The molecule has 1 aromatic carbocycles. The third-order valence-corrected chi connectivity index (χ3v) is 4.96. The monoisotopic (exact) mass is 329 g/mol. The first-order valence-corrected chi connectivity index (χ1v) is 7.71. The number of hydrogen-bond acceptors (Lipinski definition) is 2. The third-order valence-electron chi connectivity index (χ3n) is 3.73. The lowest BCUT2D eigenvalue weighted by Gasteiger charge is -2.19. The summed E-state index contributed by atoms with van der Waals surface area (Å²) < 4.78 is 6.83. The van der Waals surface area contributed by atoms with E-state index in [9.17, 15) is 0 Å². The van der Waals surface area contributed by atoms with Gasteiger partial charge in [-0.3, -0.25) is 0 Å². The zero-order valence-corrected chi connectivity index (χ0v) is 12.5. The minimum absolute atomic E-state index is 0.196. The van der Waals surface area contributed by atoms with E-state index in [-0.39, 0.29) is 6.10 Å². The van der Waals surface area contributed by atoms with Crippen LogP contribution in [0.5, 0.6) is 0 Å². The number of hydrogen-bond donors (Lipinski definition) is 1. The average molecular weight is 331 g/mol. The van der Waals surface area contributed by atoms with E-state index in [0.717, 1.165) is 35.1 Å². The molecule has 0 amide bonds. The molecule has 0 bridgehead atoms. The highest BCUT2D eigenvalue weighted by Crippen LogP contribution is 2.37. The standard InChI is InChI=1S/C14H17BrClNO/c15-12-4-1-9(7-13(12)16)14-10(5-6-18-14)8-17-11-2-3-11/h1,4,7,10-11,14,17H,2-3,5-6,8H2. The molecule has 1 N–H and O–H groups in total. The van der Waals surface area contributed by atoms with Crippen molar-refractivity contribution in [2.75, 3.05) is 13.2 Å². The zero-order valence-electron chi connectivity index (χ0n) is 10.2. The maximum absolute atomic E-state index is 6.16.